The normalized spacial score (nSPS) is 15.7. The van der Waals surface area contributed by atoms with Gasteiger partial charge in [-0.3, -0.25) is 0 Å². The maximum Gasteiger partial charge on any atom is 0.127 e. The zero-order valence-electron chi connectivity index (χ0n) is 33.6. The summed E-state index contributed by atoms with van der Waals surface area (Å²) in [5.41, 5.74) is 20.6. The van der Waals surface area contributed by atoms with Gasteiger partial charge in [0.05, 0.1) is 11.1 Å². The summed E-state index contributed by atoms with van der Waals surface area (Å²) < 4.78 is 6.57. The van der Waals surface area contributed by atoms with Crippen molar-refractivity contribution in [2.45, 2.75) is 24.7 Å². The van der Waals surface area contributed by atoms with Crippen LogP contribution in [0.3, 0.4) is 0 Å². The SMILES string of the molecule is CC1(C)c2ccccc2-c2ccc(N(c3ccc(-c4ccccc4)cc3)c3cccc4c3-c3ccccc3C43c4ccccc4-c4ccc(Oc5ccccc5)cc43)cc21. The minimum Gasteiger partial charge on any atom is -0.457 e. The molecule has 284 valence electrons. The summed E-state index contributed by atoms with van der Waals surface area (Å²) in [7, 11) is 0. The van der Waals surface area contributed by atoms with Crippen molar-refractivity contribution >= 4 is 17.1 Å². The van der Waals surface area contributed by atoms with E-state index >= 15 is 0 Å². The number of anilines is 3. The van der Waals surface area contributed by atoms with Gasteiger partial charge in [-0.15, -0.1) is 0 Å². The Hall–Kier alpha value is -7.42. The van der Waals surface area contributed by atoms with Gasteiger partial charge in [0.15, 0.2) is 0 Å². The second-order valence-electron chi connectivity index (χ2n) is 16.8. The van der Waals surface area contributed by atoms with E-state index in [4.69, 9.17) is 4.74 Å². The first-order chi connectivity index (χ1) is 29.5. The molecule has 1 atom stereocenters. The lowest BCUT2D eigenvalue weighted by Crippen LogP contribution is -2.26. The predicted octanol–water partition coefficient (Wildman–Crippen LogP) is 15.3. The van der Waals surface area contributed by atoms with E-state index in [2.05, 4.69) is 201 Å². The smallest absolute Gasteiger partial charge is 0.127 e. The first kappa shape index (κ1) is 34.6. The molecule has 0 radical (unpaired) electrons. The molecule has 1 unspecified atom stereocenters. The molecule has 3 aliphatic carbocycles. The average Bonchev–Trinajstić information content (AvgIpc) is 3.86. The molecule has 60 heavy (non-hydrogen) atoms. The summed E-state index contributed by atoms with van der Waals surface area (Å²) in [5, 5.41) is 0. The van der Waals surface area contributed by atoms with E-state index in [0.29, 0.717) is 0 Å². The summed E-state index contributed by atoms with van der Waals surface area (Å²) in [6.07, 6.45) is 0. The molecule has 12 rings (SSSR count). The highest BCUT2D eigenvalue weighted by Gasteiger charge is 2.52. The van der Waals surface area contributed by atoms with E-state index in [1.54, 1.807) is 0 Å². The van der Waals surface area contributed by atoms with Crippen molar-refractivity contribution in [3.63, 3.8) is 0 Å². The van der Waals surface area contributed by atoms with Gasteiger partial charge in [0, 0.05) is 22.4 Å². The molecular formula is C58H41NO. The molecule has 9 aromatic rings. The second kappa shape index (κ2) is 13.0. The van der Waals surface area contributed by atoms with Gasteiger partial charge in [-0.05, 0) is 127 Å². The number of para-hydroxylation sites is 1. The molecule has 0 amide bonds. The zero-order valence-corrected chi connectivity index (χ0v) is 33.6. The van der Waals surface area contributed by atoms with Gasteiger partial charge >= 0.3 is 0 Å². The quantitative estimate of drug-likeness (QED) is 0.167. The minimum atomic E-state index is -0.547. The third-order valence-electron chi connectivity index (χ3n) is 13.3. The molecule has 9 aromatic carbocycles. The van der Waals surface area contributed by atoms with Crippen LogP contribution in [-0.2, 0) is 10.8 Å². The van der Waals surface area contributed by atoms with Crippen LogP contribution in [-0.4, -0.2) is 0 Å². The van der Waals surface area contributed by atoms with E-state index < -0.39 is 5.41 Å². The van der Waals surface area contributed by atoms with Gasteiger partial charge in [-0.2, -0.15) is 0 Å². The van der Waals surface area contributed by atoms with E-state index in [9.17, 15) is 0 Å². The summed E-state index contributed by atoms with van der Waals surface area (Å²) in [6, 6.07) is 77.6. The molecule has 3 aliphatic rings. The Labute approximate surface area is 351 Å². The van der Waals surface area contributed by atoms with Crippen LogP contribution in [0.25, 0.3) is 44.5 Å². The maximum atomic E-state index is 6.57. The molecule has 0 fully saturated rings. The lowest BCUT2D eigenvalue weighted by molar-refractivity contribution is 0.481. The van der Waals surface area contributed by atoms with Crippen LogP contribution < -0.4 is 9.64 Å². The summed E-state index contributed by atoms with van der Waals surface area (Å²) in [4.78, 5) is 2.50. The van der Waals surface area contributed by atoms with Crippen LogP contribution in [0.5, 0.6) is 11.5 Å². The topological polar surface area (TPSA) is 12.5 Å². The molecule has 2 heteroatoms. The van der Waals surface area contributed by atoms with Crippen molar-refractivity contribution in [2.75, 3.05) is 4.90 Å². The van der Waals surface area contributed by atoms with Crippen LogP contribution in [0, 0.1) is 0 Å². The Balaban J connectivity index is 1.11. The van der Waals surface area contributed by atoms with E-state index in [-0.39, 0.29) is 5.41 Å². The van der Waals surface area contributed by atoms with Crippen molar-refractivity contribution in [1.29, 1.82) is 0 Å². The lowest BCUT2D eigenvalue weighted by Gasteiger charge is -2.32. The van der Waals surface area contributed by atoms with Crippen LogP contribution in [0.15, 0.2) is 212 Å². The molecule has 0 N–H and O–H groups in total. The molecule has 0 saturated heterocycles. The van der Waals surface area contributed by atoms with Crippen LogP contribution in [0.4, 0.5) is 17.1 Å². The summed E-state index contributed by atoms with van der Waals surface area (Å²) >= 11 is 0. The van der Waals surface area contributed by atoms with Crippen molar-refractivity contribution in [3.05, 3.63) is 246 Å². The van der Waals surface area contributed by atoms with E-state index in [1.165, 1.54) is 77.9 Å². The zero-order chi connectivity index (χ0) is 40.0. The third-order valence-corrected chi connectivity index (χ3v) is 13.3. The molecule has 0 aliphatic heterocycles. The standard InChI is InChI=1S/C58H41NO/c1-57(2)49-23-12-9-20-44(49)46-34-32-41(36-53(46)57)59(40-30-28-39(29-31-40)38-16-5-3-6-17-38)55-27-15-26-52-56(55)48-22-11-14-25-51(48)58(52)50-24-13-10-21-45(50)47-35-33-43(37-54(47)58)60-42-18-7-4-8-19-42/h3-37H,1-2H3. The highest BCUT2D eigenvalue weighted by molar-refractivity contribution is 6.01. The number of nitrogens with zero attached hydrogens (tertiary/aromatic N) is 1. The number of fused-ring (bicyclic) bond motifs is 13. The van der Waals surface area contributed by atoms with Gasteiger partial charge in [0.25, 0.3) is 0 Å². The van der Waals surface area contributed by atoms with Crippen molar-refractivity contribution in [1.82, 2.24) is 0 Å². The average molecular weight is 768 g/mol. The van der Waals surface area contributed by atoms with Gasteiger partial charge in [0.1, 0.15) is 11.5 Å². The number of ether oxygens (including phenoxy) is 1. The monoisotopic (exact) mass is 767 g/mol. The number of benzene rings is 9. The van der Waals surface area contributed by atoms with Gasteiger partial charge in [-0.25, -0.2) is 0 Å². The predicted molar refractivity (Wildman–Crippen MR) is 247 cm³/mol. The van der Waals surface area contributed by atoms with Gasteiger partial charge in [0.2, 0.25) is 0 Å². The molecule has 0 bridgehead atoms. The maximum absolute atomic E-state index is 6.57. The Bertz CT molecular complexity index is 3150. The number of hydrogen-bond acceptors (Lipinski definition) is 2. The lowest BCUT2D eigenvalue weighted by atomic mass is 9.70. The van der Waals surface area contributed by atoms with Crippen molar-refractivity contribution < 1.29 is 4.74 Å². The Kier molecular flexibility index (Phi) is 7.52. The molecule has 0 heterocycles. The third kappa shape index (κ3) is 4.88. The van der Waals surface area contributed by atoms with Crippen molar-refractivity contribution in [2.24, 2.45) is 0 Å². The second-order valence-corrected chi connectivity index (χ2v) is 16.8. The fourth-order valence-corrected chi connectivity index (χ4v) is 10.7. The van der Waals surface area contributed by atoms with Gasteiger partial charge in [-0.1, -0.05) is 172 Å². The Morgan fingerprint density at radius 2 is 0.883 bits per heavy atom. The van der Waals surface area contributed by atoms with Crippen LogP contribution >= 0.6 is 0 Å². The highest BCUT2D eigenvalue weighted by atomic mass is 16.5. The fraction of sp³-hybridized carbons (Fsp3) is 0.0690. The van der Waals surface area contributed by atoms with Crippen LogP contribution in [0.2, 0.25) is 0 Å². The Morgan fingerprint density at radius 1 is 0.350 bits per heavy atom. The van der Waals surface area contributed by atoms with Crippen molar-refractivity contribution in [3.8, 4) is 56.0 Å². The summed E-state index contributed by atoms with van der Waals surface area (Å²) in [5.74, 6) is 1.65. The van der Waals surface area contributed by atoms with E-state index in [1.807, 2.05) is 30.3 Å². The summed E-state index contributed by atoms with van der Waals surface area (Å²) in [6.45, 7) is 4.73. The molecule has 0 saturated carbocycles. The van der Waals surface area contributed by atoms with Gasteiger partial charge < -0.3 is 9.64 Å². The highest BCUT2D eigenvalue weighted by Crippen LogP contribution is 2.65. The van der Waals surface area contributed by atoms with E-state index in [0.717, 1.165) is 28.6 Å². The molecular weight excluding hydrogens is 727 g/mol. The first-order valence-electron chi connectivity index (χ1n) is 20.9. The van der Waals surface area contributed by atoms with Crippen LogP contribution in [0.1, 0.15) is 47.2 Å². The Morgan fingerprint density at radius 3 is 1.63 bits per heavy atom. The fourth-order valence-electron chi connectivity index (χ4n) is 10.7. The molecule has 1 spiro atoms. The molecule has 0 aromatic heterocycles. The first-order valence-corrected chi connectivity index (χ1v) is 20.9. The largest absolute Gasteiger partial charge is 0.457 e. The number of hydrogen-bond donors (Lipinski definition) is 0. The molecule has 2 nitrogen and oxygen atoms in total. The number of rotatable bonds is 6. The minimum absolute atomic E-state index is 0.142.